The summed E-state index contributed by atoms with van der Waals surface area (Å²) in [6.45, 7) is 1.86. The molecule has 24 heavy (non-hydrogen) atoms. The number of carbonyl (C=O) groups is 2. The minimum Gasteiger partial charge on any atom is -0.459 e. The maximum atomic E-state index is 11.8. The van der Waals surface area contributed by atoms with Gasteiger partial charge in [0.2, 0.25) is 5.91 Å². The molecule has 1 aliphatic heterocycles. The van der Waals surface area contributed by atoms with Crippen LogP contribution in [-0.2, 0) is 20.9 Å². The number of thioether (sulfide) groups is 1. The summed E-state index contributed by atoms with van der Waals surface area (Å²) >= 11 is 1.55. The van der Waals surface area contributed by atoms with E-state index >= 15 is 0 Å². The number of esters is 1. The maximum absolute atomic E-state index is 11.8. The fourth-order valence-electron chi connectivity index (χ4n) is 2.26. The van der Waals surface area contributed by atoms with Crippen LogP contribution in [0.15, 0.2) is 24.3 Å². The van der Waals surface area contributed by atoms with Crippen molar-refractivity contribution >= 4 is 29.3 Å². The monoisotopic (exact) mass is 354 g/mol. The van der Waals surface area contributed by atoms with Crippen LogP contribution in [0.3, 0.4) is 0 Å². The van der Waals surface area contributed by atoms with E-state index in [1.807, 2.05) is 6.92 Å². The standard InChI is InChI=1S/C15H18N2O6S/c1-2-24-14-11(13(19)16-14)7-12(18)15(20)23-8-9-3-5-10(6-4-9)17(21)22/h3-6,11-12,14,18H,2,7-8H2,1H3,(H,16,19). The number of aliphatic hydroxyl groups excluding tert-OH is 1. The number of hydrogen-bond acceptors (Lipinski definition) is 7. The third kappa shape index (κ3) is 4.45. The molecule has 1 aromatic carbocycles. The lowest BCUT2D eigenvalue weighted by molar-refractivity contribution is -0.384. The maximum Gasteiger partial charge on any atom is 0.335 e. The lowest BCUT2D eigenvalue weighted by atomic mass is 9.94. The first-order chi connectivity index (χ1) is 11.4. The SMILES string of the molecule is CCSC1NC(=O)C1CC(O)C(=O)OCc1ccc([N+](=O)[O-])cc1. The van der Waals surface area contributed by atoms with E-state index < -0.39 is 22.9 Å². The van der Waals surface area contributed by atoms with Crippen molar-refractivity contribution in [1.82, 2.24) is 5.32 Å². The zero-order valence-corrected chi connectivity index (χ0v) is 13.8. The molecule has 0 spiro atoms. The van der Waals surface area contributed by atoms with Crippen LogP contribution >= 0.6 is 11.8 Å². The Kier molecular flexibility index (Phi) is 6.16. The van der Waals surface area contributed by atoms with Crippen molar-refractivity contribution < 1.29 is 24.4 Å². The predicted octanol–water partition coefficient (Wildman–Crippen LogP) is 1.21. The molecule has 1 aromatic rings. The number of nitrogens with one attached hydrogen (secondary N) is 1. The Labute approximate surface area is 142 Å². The lowest BCUT2D eigenvalue weighted by Crippen LogP contribution is -2.57. The van der Waals surface area contributed by atoms with Gasteiger partial charge in [-0.2, -0.15) is 0 Å². The van der Waals surface area contributed by atoms with Gasteiger partial charge in [0.25, 0.3) is 5.69 Å². The lowest BCUT2D eigenvalue weighted by Gasteiger charge is -2.36. The van der Waals surface area contributed by atoms with Crippen LogP contribution in [0.25, 0.3) is 0 Å². The van der Waals surface area contributed by atoms with Crippen molar-refractivity contribution in [1.29, 1.82) is 0 Å². The summed E-state index contributed by atoms with van der Waals surface area (Å²) in [6, 6.07) is 5.58. The number of nitrogens with zero attached hydrogens (tertiary/aromatic N) is 1. The summed E-state index contributed by atoms with van der Waals surface area (Å²) in [4.78, 5) is 33.4. The molecule has 1 saturated heterocycles. The van der Waals surface area contributed by atoms with Crippen LogP contribution in [0.5, 0.6) is 0 Å². The number of rotatable bonds is 8. The third-order valence-corrected chi connectivity index (χ3v) is 4.75. The largest absolute Gasteiger partial charge is 0.459 e. The topological polar surface area (TPSA) is 119 Å². The average Bonchev–Trinajstić information content (AvgIpc) is 2.57. The van der Waals surface area contributed by atoms with Crippen LogP contribution in [0.1, 0.15) is 18.9 Å². The Morgan fingerprint density at radius 1 is 1.46 bits per heavy atom. The van der Waals surface area contributed by atoms with Crippen molar-refractivity contribution in [2.75, 3.05) is 5.75 Å². The van der Waals surface area contributed by atoms with E-state index in [2.05, 4.69) is 5.32 Å². The predicted molar refractivity (Wildman–Crippen MR) is 87.1 cm³/mol. The molecule has 0 bridgehead atoms. The van der Waals surface area contributed by atoms with Gasteiger partial charge in [-0.15, -0.1) is 11.8 Å². The van der Waals surface area contributed by atoms with Crippen LogP contribution in [-0.4, -0.2) is 39.1 Å². The molecule has 0 aromatic heterocycles. The highest BCUT2D eigenvalue weighted by Crippen LogP contribution is 2.29. The van der Waals surface area contributed by atoms with Crippen molar-refractivity contribution in [3.05, 3.63) is 39.9 Å². The highest BCUT2D eigenvalue weighted by atomic mass is 32.2. The molecule has 9 heteroatoms. The Morgan fingerprint density at radius 3 is 2.67 bits per heavy atom. The zero-order chi connectivity index (χ0) is 17.7. The number of nitro groups is 1. The Hall–Kier alpha value is -2.13. The van der Waals surface area contributed by atoms with Crippen molar-refractivity contribution in [2.45, 2.75) is 31.4 Å². The summed E-state index contributed by atoms with van der Waals surface area (Å²) in [7, 11) is 0. The Bertz CT molecular complexity index is 621. The average molecular weight is 354 g/mol. The molecule has 130 valence electrons. The quantitative estimate of drug-likeness (QED) is 0.312. The Balaban J connectivity index is 1.81. The number of ether oxygens (including phenoxy) is 1. The van der Waals surface area contributed by atoms with Crippen molar-refractivity contribution in [3.8, 4) is 0 Å². The number of amides is 1. The summed E-state index contributed by atoms with van der Waals surface area (Å²) < 4.78 is 4.99. The van der Waals surface area contributed by atoms with Crippen LogP contribution in [0.4, 0.5) is 5.69 Å². The molecule has 1 aliphatic rings. The summed E-state index contributed by atoms with van der Waals surface area (Å²) in [5.74, 6) is -0.573. The van der Waals surface area contributed by atoms with Gasteiger partial charge in [0.15, 0.2) is 6.10 Å². The fourth-order valence-corrected chi connectivity index (χ4v) is 3.28. The molecule has 0 saturated carbocycles. The van der Waals surface area contributed by atoms with Crippen molar-refractivity contribution in [2.24, 2.45) is 5.92 Å². The molecule has 3 atom stereocenters. The summed E-state index contributed by atoms with van der Waals surface area (Å²) in [6.07, 6.45) is -1.36. The molecule has 1 heterocycles. The van der Waals surface area contributed by atoms with E-state index in [1.54, 1.807) is 11.8 Å². The minimum atomic E-state index is -1.38. The van der Waals surface area contributed by atoms with Crippen molar-refractivity contribution in [3.63, 3.8) is 0 Å². The number of carbonyl (C=O) groups excluding carboxylic acids is 2. The highest BCUT2D eigenvalue weighted by molar-refractivity contribution is 8.00. The first-order valence-electron chi connectivity index (χ1n) is 7.42. The van der Waals surface area contributed by atoms with Gasteiger partial charge in [0, 0.05) is 12.1 Å². The van der Waals surface area contributed by atoms with Gasteiger partial charge in [-0.1, -0.05) is 6.92 Å². The van der Waals surface area contributed by atoms with E-state index in [9.17, 15) is 24.8 Å². The smallest absolute Gasteiger partial charge is 0.335 e. The fraction of sp³-hybridized carbons (Fsp3) is 0.467. The Morgan fingerprint density at radius 2 is 2.12 bits per heavy atom. The number of benzene rings is 1. The second-order valence-corrected chi connectivity index (χ2v) is 6.69. The van der Waals surface area contributed by atoms with E-state index in [0.29, 0.717) is 5.56 Å². The number of β-lactam (4-membered cyclic amide) rings is 1. The molecule has 2 rings (SSSR count). The first kappa shape index (κ1) is 18.2. The second kappa shape index (κ2) is 8.11. The van der Waals surface area contributed by atoms with Gasteiger partial charge < -0.3 is 15.2 Å². The van der Waals surface area contributed by atoms with Crippen LogP contribution in [0, 0.1) is 16.0 Å². The molecule has 0 radical (unpaired) electrons. The van der Waals surface area contributed by atoms with Gasteiger partial charge in [0.1, 0.15) is 6.61 Å². The number of nitro benzene ring substituents is 1. The van der Waals surface area contributed by atoms with Gasteiger partial charge in [-0.3, -0.25) is 14.9 Å². The third-order valence-electron chi connectivity index (χ3n) is 3.61. The van der Waals surface area contributed by atoms with E-state index in [4.69, 9.17) is 4.74 Å². The number of non-ortho nitro benzene ring substituents is 1. The zero-order valence-electron chi connectivity index (χ0n) is 13.0. The van der Waals surface area contributed by atoms with Crippen LogP contribution < -0.4 is 5.32 Å². The highest BCUT2D eigenvalue weighted by Gasteiger charge is 2.41. The van der Waals surface area contributed by atoms with Gasteiger partial charge in [-0.25, -0.2) is 4.79 Å². The molecule has 3 unspecified atom stereocenters. The van der Waals surface area contributed by atoms with Gasteiger partial charge >= 0.3 is 5.97 Å². The van der Waals surface area contributed by atoms with E-state index in [-0.39, 0.29) is 30.0 Å². The molecule has 0 aliphatic carbocycles. The van der Waals surface area contributed by atoms with E-state index in [1.165, 1.54) is 24.3 Å². The molecule has 1 fully saturated rings. The van der Waals surface area contributed by atoms with Crippen LogP contribution in [0.2, 0.25) is 0 Å². The van der Waals surface area contributed by atoms with E-state index in [0.717, 1.165) is 5.75 Å². The molecule has 2 N–H and O–H groups in total. The van der Waals surface area contributed by atoms with Gasteiger partial charge in [-0.05, 0) is 29.9 Å². The molecular weight excluding hydrogens is 336 g/mol. The van der Waals surface area contributed by atoms with Gasteiger partial charge in [0.05, 0.1) is 16.2 Å². The number of hydrogen-bond donors (Lipinski definition) is 2. The summed E-state index contributed by atoms with van der Waals surface area (Å²) in [5, 5.41) is 23.1. The first-order valence-corrected chi connectivity index (χ1v) is 8.47. The normalized spacial score (nSPS) is 20.7. The molecular formula is C15H18N2O6S. The molecule has 1 amide bonds. The number of aliphatic hydroxyl groups is 1. The minimum absolute atomic E-state index is 0.0165. The summed E-state index contributed by atoms with van der Waals surface area (Å²) in [5.41, 5.74) is 0.516. The second-order valence-electron chi connectivity index (χ2n) is 5.27. The molecule has 8 nitrogen and oxygen atoms in total.